The first-order chi connectivity index (χ1) is 8.78. The van der Waals surface area contributed by atoms with Gasteiger partial charge in [-0.25, -0.2) is 9.18 Å². The lowest BCUT2D eigenvalue weighted by Crippen LogP contribution is -2.34. The minimum Gasteiger partial charge on any atom is -0.489 e. The molecule has 1 amide bonds. The highest BCUT2D eigenvalue weighted by molar-refractivity contribution is 9.10. The molecule has 0 saturated carbocycles. The van der Waals surface area contributed by atoms with Crippen LogP contribution in [0.4, 0.5) is 9.18 Å². The van der Waals surface area contributed by atoms with Crippen LogP contribution in [0.2, 0.25) is 0 Å². The Bertz CT molecular complexity index is 446. The van der Waals surface area contributed by atoms with Crippen LogP contribution in [-0.2, 0) is 4.74 Å². The molecule has 1 N–H and O–H groups in total. The van der Waals surface area contributed by atoms with E-state index < -0.39 is 17.5 Å². The van der Waals surface area contributed by atoms with E-state index in [0.717, 1.165) is 4.47 Å². The van der Waals surface area contributed by atoms with Crippen LogP contribution in [0, 0.1) is 5.82 Å². The van der Waals surface area contributed by atoms with Crippen LogP contribution in [0.3, 0.4) is 0 Å². The van der Waals surface area contributed by atoms with E-state index in [-0.39, 0.29) is 18.9 Å². The van der Waals surface area contributed by atoms with Gasteiger partial charge < -0.3 is 14.8 Å². The first kappa shape index (κ1) is 15.8. The van der Waals surface area contributed by atoms with E-state index in [4.69, 9.17) is 9.47 Å². The van der Waals surface area contributed by atoms with Crippen molar-refractivity contribution in [3.05, 3.63) is 28.5 Å². The molecule has 6 heteroatoms. The molecule has 0 heterocycles. The molecule has 0 aliphatic carbocycles. The Balaban J connectivity index is 2.31. The second-order valence-corrected chi connectivity index (χ2v) is 5.77. The molecule has 0 aliphatic rings. The number of amides is 1. The zero-order chi connectivity index (χ0) is 14.5. The van der Waals surface area contributed by atoms with Gasteiger partial charge in [0.1, 0.15) is 12.2 Å². The smallest absolute Gasteiger partial charge is 0.407 e. The lowest BCUT2D eigenvalue weighted by atomic mass is 10.2. The number of ether oxygens (including phenoxy) is 2. The van der Waals surface area contributed by atoms with Crippen LogP contribution < -0.4 is 10.1 Å². The van der Waals surface area contributed by atoms with E-state index in [9.17, 15) is 9.18 Å². The first-order valence-electron chi connectivity index (χ1n) is 5.82. The molecule has 0 radical (unpaired) electrons. The van der Waals surface area contributed by atoms with E-state index in [0.29, 0.717) is 0 Å². The van der Waals surface area contributed by atoms with Crippen molar-refractivity contribution in [1.82, 2.24) is 5.32 Å². The van der Waals surface area contributed by atoms with Gasteiger partial charge in [-0.1, -0.05) is 15.9 Å². The quantitative estimate of drug-likeness (QED) is 0.858. The second-order valence-electron chi connectivity index (χ2n) is 4.85. The van der Waals surface area contributed by atoms with Crippen molar-refractivity contribution >= 4 is 22.0 Å². The highest BCUT2D eigenvalue weighted by atomic mass is 79.9. The van der Waals surface area contributed by atoms with Gasteiger partial charge in [0.15, 0.2) is 11.6 Å². The van der Waals surface area contributed by atoms with Crippen LogP contribution >= 0.6 is 15.9 Å². The Labute approximate surface area is 120 Å². The van der Waals surface area contributed by atoms with Crippen molar-refractivity contribution in [1.29, 1.82) is 0 Å². The maximum atomic E-state index is 13.3. The van der Waals surface area contributed by atoms with E-state index >= 15 is 0 Å². The normalized spacial score (nSPS) is 11.0. The predicted molar refractivity (Wildman–Crippen MR) is 73.8 cm³/mol. The van der Waals surface area contributed by atoms with E-state index in [1.54, 1.807) is 26.8 Å². The summed E-state index contributed by atoms with van der Waals surface area (Å²) in [7, 11) is 0. The number of carbonyl (C=O) groups excluding carboxylic acids is 1. The van der Waals surface area contributed by atoms with Crippen molar-refractivity contribution in [2.45, 2.75) is 26.4 Å². The molecule has 1 rings (SSSR count). The van der Waals surface area contributed by atoms with E-state index in [1.165, 1.54) is 12.1 Å². The highest BCUT2D eigenvalue weighted by Crippen LogP contribution is 2.21. The third-order valence-corrected chi connectivity index (χ3v) is 2.41. The number of nitrogens with one attached hydrogen (secondary N) is 1. The fourth-order valence-electron chi connectivity index (χ4n) is 1.22. The number of hydrogen-bond acceptors (Lipinski definition) is 3. The number of halogens is 2. The summed E-state index contributed by atoms with van der Waals surface area (Å²) in [5.74, 6) is -0.305. The van der Waals surface area contributed by atoms with Crippen molar-refractivity contribution in [2.24, 2.45) is 0 Å². The summed E-state index contributed by atoms with van der Waals surface area (Å²) in [6, 6.07) is 4.42. The van der Waals surface area contributed by atoms with Crippen molar-refractivity contribution < 1.29 is 18.7 Å². The summed E-state index contributed by atoms with van der Waals surface area (Å²) < 4.78 is 24.3. The van der Waals surface area contributed by atoms with Crippen LogP contribution in [0.1, 0.15) is 20.8 Å². The summed E-state index contributed by atoms with van der Waals surface area (Å²) in [6.07, 6.45) is -0.522. The van der Waals surface area contributed by atoms with E-state index in [2.05, 4.69) is 21.2 Å². The summed E-state index contributed by atoms with van der Waals surface area (Å²) in [5, 5.41) is 2.52. The zero-order valence-corrected chi connectivity index (χ0v) is 12.7. The molecule has 0 aromatic heterocycles. The molecule has 106 valence electrons. The van der Waals surface area contributed by atoms with Gasteiger partial charge >= 0.3 is 6.09 Å². The van der Waals surface area contributed by atoms with Gasteiger partial charge in [-0.15, -0.1) is 0 Å². The van der Waals surface area contributed by atoms with Gasteiger partial charge in [0.2, 0.25) is 0 Å². The SMILES string of the molecule is CC(C)(C)OC(=O)NCCOc1cc(Br)ccc1F. The standard InChI is InChI=1S/C13H17BrFNO3/c1-13(2,3)19-12(17)16-6-7-18-11-8-9(14)4-5-10(11)15/h4-5,8H,6-7H2,1-3H3,(H,16,17). The summed E-state index contributed by atoms with van der Waals surface area (Å²) in [5.41, 5.74) is -0.540. The molecule has 0 bridgehead atoms. The molecule has 0 unspecified atom stereocenters. The van der Waals surface area contributed by atoms with Crippen LogP contribution in [0.15, 0.2) is 22.7 Å². The minimum atomic E-state index is -0.540. The Morgan fingerprint density at radius 2 is 2.11 bits per heavy atom. The average Bonchev–Trinajstić information content (AvgIpc) is 2.26. The van der Waals surface area contributed by atoms with E-state index in [1.807, 2.05) is 0 Å². The Morgan fingerprint density at radius 1 is 1.42 bits per heavy atom. The lowest BCUT2D eigenvalue weighted by molar-refractivity contribution is 0.0520. The fourth-order valence-corrected chi connectivity index (χ4v) is 1.56. The molecule has 1 aromatic carbocycles. The zero-order valence-electron chi connectivity index (χ0n) is 11.1. The van der Waals surface area contributed by atoms with Crippen molar-refractivity contribution in [3.8, 4) is 5.75 Å². The molecular formula is C13H17BrFNO3. The van der Waals surface area contributed by atoms with Crippen molar-refractivity contribution in [3.63, 3.8) is 0 Å². The van der Waals surface area contributed by atoms with Crippen LogP contribution in [0.25, 0.3) is 0 Å². The van der Waals surface area contributed by atoms with Gasteiger partial charge in [0.25, 0.3) is 0 Å². The number of benzene rings is 1. The predicted octanol–water partition coefficient (Wildman–Crippen LogP) is 3.49. The second kappa shape index (κ2) is 6.75. The lowest BCUT2D eigenvalue weighted by Gasteiger charge is -2.19. The summed E-state index contributed by atoms with van der Waals surface area (Å²) in [4.78, 5) is 11.3. The topological polar surface area (TPSA) is 47.6 Å². The van der Waals surface area contributed by atoms with Gasteiger partial charge in [0, 0.05) is 4.47 Å². The molecule has 0 spiro atoms. The van der Waals surface area contributed by atoms with Gasteiger partial charge in [-0.05, 0) is 39.0 Å². The summed E-state index contributed by atoms with van der Waals surface area (Å²) in [6.45, 7) is 5.73. The maximum Gasteiger partial charge on any atom is 0.407 e. The van der Waals surface area contributed by atoms with Gasteiger partial charge in [-0.2, -0.15) is 0 Å². The number of rotatable bonds is 4. The first-order valence-corrected chi connectivity index (χ1v) is 6.62. The Hall–Kier alpha value is -1.30. The molecule has 0 aliphatic heterocycles. The molecule has 0 saturated heterocycles. The Morgan fingerprint density at radius 3 is 2.74 bits per heavy atom. The van der Waals surface area contributed by atoms with Gasteiger partial charge in [0.05, 0.1) is 6.54 Å². The molecule has 19 heavy (non-hydrogen) atoms. The molecule has 1 aromatic rings. The van der Waals surface area contributed by atoms with Crippen molar-refractivity contribution in [2.75, 3.05) is 13.2 Å². The maximum absolute atomic E-state index is 13.3. The number of alkyl carbamates (subject to hydrolysis) is 1. The summed E-state index contributed by atoms with van der Waals surface area (Å²) >= 11 is 3.23. The number of carbonyl (C=O) groups is 1. The molecule has 0 fully saturated rings. The third-order valence-electron chi connectivity index (χ3n) is 1.92. The van der Waals surface area contributed by atoms with Crippen LogP contribution in [-0.4, -0.2) is 24.8 Å². The highest BCUT2D eigenvalue weighted by Gasteiger charge is 2.15. The van der Waals surface area contributed by atoms with Gasteiger partial charge in [-0.3, -0.25) is 0 Å². The average molecular weight is 334 g/mol. The minimum absolute atomic E-state index is 0.139. The largest absolute Gasteiger partial charge is 0.489 e. The monoisotopic (exact) mass is 333 g/mol. The molecule has 0 atom stereocenters. The third kappa shape index (κ3) is 6.42. The fraction of sp³-hybridized carbons (Fsp3) is 0.462. The van der Waals surface area contributed by atoms with Crippen LogP contribution in [0.5, 0.6) is 5.75 Å². The number of hydrogen-bond donors (Lipinski definition) is 1. The molecule has 4 nitrogen and oxygen atoms in total. The Kier molecular flexibility index (Phi) is 5.60. The molecular weight excluding hydrogens is 317 g/mol.